The van der Waals surface area contributed by atoms with E-state index in [1.165, 1.54) is 0 Å². The number of hydrogen-bond donors (Lipinski definition) is 3. The van der Waals surface area contributed by atoms with Gasteiger partial charge in [0.05, 0.1) is 6.61 Å². The highest BCUT2D eigenvalue weighted by Crippen LogP contribution is 2.43. The number of carbonyl (C=O) groups is 2. The van der Waals surface area contributed by atoms with Gasteiger partial charge in [-0.15, -0.1) is 0 Å². The average Bonchev–Trinajstić information content (AvgIpc) is 3.30. The molecule has 2 aromatic carbocycles. The first kappa shape index (κ1) is 33.6. The molecule has 10 heteroatoms. The number of halogens is 1. The van der Waals surface area contributed by atoms with Crippen LogP contribution in [-0.4, -0.2) is 53.8 Å². The van der Waals surface area contributed by atoms with Crippen molar-refractivity contribution in [2.24, 2.45) is 10.4 Å². The molecule has 0 bridgehead atoms. The number of aliphatic hydroxyl groups is 1. The van der Waals surface area contributed by atoms with Crippen LogP contribution in [0.1, 0.15) is 84.5 Å². The molecule has 3 N–H and O–H groups in total. The third kappa shape index (κ3) is 9.81. The standard InChI is InChI=1S/C32H44BrN3O6/c1-30(2,3)18-19-34-36-29(39)32(17-16-26(38)42-31(4,5)6)27(22-8-12-24(33)13-9-22)41-28(35-32)23-10-14-25(15-11-23)40-21-7-20-37/h8-15,27,34,37H,7,16-21H2,1-6H3,(H,36,39)/t27-,32-/m0/s1. The Labute approximate surface area is 257 Å². The van der Waals surface area contributed by atoms with Crippen molar-refractivity contribution >= 4 is 33.7 Å². The Morgan fingerprint density at radius 1 is 1.05 bits per heavy atom. The first-order chi connectivity index (χ1) is 19.7. The van der Waals surface area contributed by atoms with E-state index in [9.17, 15) is 9.59 Å². The molecule has 2 aromatic rings. The monoisotopic (exact) mass is 645 g/mol. The van der Waals surface area contributed by atoms with Crippen LogP contribution >= 0.6 is 15.9 Å². The van der Waals surface area contributed by atoms with E-state index >= 15 is 0 Å². The fraction of sp³-hybridized carbons (Fsp3) is 0.531. The normalized spacial score (nSPS) is 18.7. The zero-order chi connectivity index (χ0) is 31.0. The van der Waals surface area contributed by atoms with Gasteiger partial charge < -0.3 is 19.3 Å². The molecule has 42 heavy (non-hydrogen) atoms. The van der Waals surface area contributed by atoms with E-state index < -0.39 is 29.1 Å². The number of nitrogens with zero attached hydrogens (tertiary/aromatic N) is 1. The molecule has 1 aliphatic rings. The number of carbonyl (C=O) groups excluding carboxylic acids is 2. The molecular formula is C32H44BrN3O6. The van der Waals surface area contributed by atoms with Crippen LogP contribution in [0.3, 0.4) is 0 Å². The molecule has 1 aliphatic heterocycles. The van der Waals surface area contributed by atoms with Gasteiger partial charge in [-0.2, -0.15) is 0 Å². The van der Waals surface area contributed by atoms with Crippen LogP contribution in [0, 0.1) is 5.41 Å². The van der Waals surface area contributed by atoms with Crippen molar-refractivity contribution in [3.63, 3.8) is 0 Å². The van der Waals surface area contributed by atoms with Crippen LogP contribution in [0.5, 0.6) is 5.75 Å². The predicted octanol–water partition coefficient (Wildman–Crippen LogP) is 5.65. The quantitative estimate of drug-likeness (QED) is 0.146. The smallest absolute Gasteiger partial charge is 0.306 e. The topological polar surface area (TPSA) is 118 Å². The number of benzene rings is 2. The van der Waals surface area contributed by atoms with E-state index in [1.54, 1.807) is 12.1 Å². The summed E-state index contributed by atoms with van der Waals surface area (Å²) in [6.45, 7) is 12.8. The Morgan fingerprint density at radius 2 is 1.71 bits per heavy atom. The fourth-order valence-electron chi connectivity index (χ4n) is 4.38. The number of hydrogen-bond acceptors (Lipinski definition) is 8. The molecule has 0 spiro atoms. The van der Waals surface area contributed by atoms with Gasteiger partial charge in [0.2, 0.25) is 5.90 Å². The second-order valence-electron chi connectivity index (χ2n) is 12.6. The maximum Gasteiger partial charge on any atom is 0.306 e. The maximum atomic E-state index is 14.1. The lowest BCUT2D eigenvalue weighted by molar-refractivity contribution is -0.155. The number of nitrogens with one attached hydrogen (secondary N) is 2. The second-order valence-corrected chi connectivity index (χ2v) is 13.5. The summed E-state index contributed by atoms with van der Waals surface area (Å²) < 4.78 is 18.6. The lowest BCUT2D eigenvalue weighted by Gasteiger charge is -2.31. The van der Waals surface area contributed by atoms with Gasteiger partial charge in [0.15, 0.2) is 11.6 Å². The summed E-state index contributed by atoms with van der Waals surface area (Å²) in [5.41, 5.74) is 5.29. The summed E-state index contributed by atoms with van der Waals surface area (Å²) in [7, 11) is 0. The summed E-state index contributed by atoms with van der Waals surface area (Å²) in [4.78, 5) is 31.8. The molecule has 0 saturated heterocycles. The van der Waals surface area contributed by atoms with Crippen LogP contribution in [-0.2, 0) is 19.1 Å². The van der Waals surface area contributed by atoms with Crippen molar-refractivity contribution in [3.05, 3.63) is 64.1 Å². The average molecular weight is 647 g/mol. The van der Waals surface area contributed by atoms with Gasteiger partial charge in [0.25, 0.3) is 5.91 Å². The molecule has 0 saturated carbocycles. The number of ether oxygens (including phenoxy) is 3. The van der Waals surface area contributed by atoms with E-state index in [-0.39, 0.29) is 24.9 Å². The van der Waals surface area contributed by atoms with Crippen LogP contribution in [0.15, 0.2) is 58.0 Å². The minimum atomic E-state index is -1.45. The molecule has 3 rings (SSSR count). The van der Waals surface area contributed by atoms with Crippen LogP contribution < -0.4 is 15.6 Å². The highest BCUT2D eigenvalue weighted by molar-refractivity contribution is 9.10. The van der Waals surface area contributed by atoms with Crippen LogP contribution in [0.25, 0.3) is 0 Å². The van der Waals surface area contributed by atoms with Gasteiger partial charge in [-0.25, -0.2) is 10.4 Å². The Hall–Kier alpha value is -2.95. The third-order valence-corrected chi connectivity index (χ3v) is 7.06. The van der Waals surface area contributed by atoms with Crippen molar-refractivity contribution in [1.29, 1.82) is 0 Å². The summed E-state index contributed by atoms with van der Waals surface area (Å²) in [5.74, 6) is 0.121. The minimum absolute atomic E-state index is 0.0303. The molecule has 0 radical (unpaired) electrons. The number of rotatable bonds is 13. The van der Waals surface area contributed by atoms with E-state index in [4.69, 9.17) is 24.3 Å². The van der Waals surface area contributed by atoms with Gasteiger partial charge in [0, 0.05) is 36.0 Å². The van der Waals surface area contributed by atoms with Crippen molar-refractivity contribution in [2.75, 3.05) is 19.8 Å². The second kappa shape index (κ2) is 14.5. The molecular weight excluding hydrogens is 602 g/mol. The zero-order valence-electron chi connectivity index (χ0n) is 25.5. The maximum absolute atomic E-state index is 14.1. The summed E-state index contributed by atoms with van der Waals surface area (Å²) >= 11 is 3.48. The molecule has 0 aliphatic carbocycles. The van der Waals surface area contributed by atoms with Gasteiger partial charge in [-0.3, -0.25) is 15.0 Å². The Morgan fingerprint density at radius 3 is 2.31 bits per heavy atom. The summed E-state index contributed by atoms with van der Waals surface area (Å²) in [5, 5.41) is 9.02. The van der Waals surface area contributed by atoms with Gasteiger partial charge in [0.1, 0.15) is 11.4 Å². The summed E-state index contributed by atoms with van der Waals surface area (Å²) in [6.07, 6.45) is 0.615. The SMILES string of the molecule is CC(C)(C)CCNNC(=O)[C@@]1(CCC(=O)OC(C)(C)C)N=C(c2ccc(OCCCO)cc2)O[C@H]1c1ccc(Br)cc1. The first-order valence-corrected chi connectivity index (χ1v) is 15.1. The number of aliphatic hydroxyl groups excluding tert-OH is 1. The van der Waals surface area contributed by atoms with Crippen LogP contribution in [0.2, 0.25) is 0 Å². The van der Waals surface area contributed by atoms with Crippen molar-refractivity contribution < 1.29 is 28.9 Å². The molecule has 230 valence electrons. The highest BCUT2D eigenvalue weighted by Gasteiger charge is 2.53. The first-order valence-electron chi connectivity index (χ1n) is 14.3. The number of esters is 1. The molecule has 1 amide bonds. The van der Waals surface area contributed by atoms with Gasteiger partial charge in [-0.1, -0.05) is 48.8 Å². The highest BCUT2D eigenvalue weighted by atomic mass is 79.9. The Kier molecular flexibility index (Phi) is 11.6. The zero-order valence-corrected chi connectivity index (χ0v) is 27.0. The lowest BCUT2D eigenvalue weighted by Crippen LogP contribution is -2.53. The van der Waals surface area contributed by atoms with Gasteiger partial charge in [-0.05, 0) is 81.0 Å². The van der Waals surface area contributed by atoms with Crippen molar-refractivity contribution in [1.82, 2.24) is 10.9 Å². The Bertz CT molecular complexity index is 1220. The van der Waals surface area contributed by atoms with E-state index in [1.807, 2.05) is 57.2 Å². The molecule has 2 atom stereocenters. The van der Waals surface area contributed by atoms with Gasteiger partial charge >= 0.3 is 5.97 Å². The molecule has 9 nitrogen and oxygen atoms in total. The van der Waals surface area contributed by atoms with Crippen molar-refractivity contribution in [2.45, 2.75) is 84.5 Å². The van der Waals surface area contributed by atoms with Crippen LogP contribution in [0.4, 0.5) is 0 Å². The third-order valence-electron chi connectivity index (χ3n) is 6.53. The fourth-order valence-corrected chi connectivity index (χ4v) is 4.65. The molecule has 0 fully saturated rings. The molecule has 0 unspecified atom stereocenters. The predicted molar refractivity (Wildman–Crippen MR) is 166 cm³/mol. The van der Waals surface area contributed by atoms with Crippen molar-refractivity contribution in [3.8, 4) is 5.75 Å². The minimum Gasteiger partial charge on any atom is -0.494 e. The van der Waals surface area contributed by atoms with E-state index in [2.05, 4.69) is 47.6 Å². The molecule has 0 aromatic heterocycles. The summed E-state index contributed by atoms with van der Waals surface area (Å²) in [6, 6.07) is 14.7. The Balaban J connectivity index is 1.98. The number of amides is 1. The number of hydrazine groups is 1. The number of aliphatic imine (C=N–C) groups is 1. The van der Waals surface area contributed by atoms with E-state index in [0.29, 0.717) is 36.8 Å². The largest absolute Gasteiger partial charge is 0.494 e. The van der Waals surface area contributed by atoms with E-state index in [0.717, 1.165) is 16.5 Å². The molecule has 1 heterocycles. The lowest BCUT2D eigenvalue weighted by atomic mass is 9.83.